The van der Waals surface area contributed by atoms with Crippen LogP contribution in [0.15, 0.2) is 12.4 Å². The number of hydrogen-bond donors (Lipinski definition) is 0. The average Bonchev–Trinajstić information content (AvgIpc) is 3.10. The van der Waals surface area contributed by atoms with Gasteiger partial charge in [0.15, 0.2) is 0 Å². The molecule has 25 heavy (non-hydrogen) atoms. The monoisotopic (exact) mass is 349 g/mol. The summed E-state index contributed by atoms with van der Waals surface area (Å²) in [5, 5.41) is 14.7. The summed E-state index contributed by atoms with van der Waals surface area (Å²) in [6.07, 6.45) is 6.95. The highest BCUT2D eigenvalue weighted by Crippen LogP contribution is 2.23. The second-order valence-electron chi connectivity index (χ2n) is 7.37. The molecule has 8 nitrogen and oxygen atoms in total. The quantitative estimate of drug-likeness (QED) is 0.597. The maximum absolute atomic E-state index is 12.8. The van der Waals surface area contributed by atoms with E-state index in [1.54, 1.807) is 4.68 Å². The number of amides is 1. The highest BCUT2D eigenvalue weighted by molar-refractivity contribution is 5.79. The second kappa shape index (κ2) is 7.95. The fourth-order valence-electron chi connectivity index (χ4n) is 3.76. The molecule has 0 unspecified atom stereocenters. The summed E-state index contributed by atoms with van der Waals surface area (Å²) in [5.41, 5.74) is 0.0195. The molecular formula is C17H27N5O3. The maximum Gasteiger partial charge on any atom is 0.306 e. The van der Waals surface area contributed by atoms with Gasteiger partial charge >= 0.3 is 5.69 Å². The Kier molecular flexibility index (Phi) is 5.67. The topological polar surface area (TPSA) is 84.5 Å². The Bertz CT molecular complexity index is 609. The van der Waals surface area contributed by atoms with Crippen molar-refractivity contribution in [2.45, 2.75) is 39.2 Å². The van der Waals surface area contributed by atoms with E-state index in [0.29, 0.717) is 12.5 Å². The highest BCUT2D eigenvalue weighted by Gasteiger charge is 2.30. The maximum atomic E-state index is 12.8. The van der Waals surface area contributed by atoms with Crippen molar-refractivity contribution in [1.82, 2.24) is 19.6 Å². The third-order valence-electron chi connectivity index (χ3n) is 5.43. The lowest BCUT2D eigenvalue weighted by Gasteiger charge is -2.37. The molecule has 0 spiro atoms. The largest absolute Gasteiger partial charge is 0.342 e. The summed E-state index contributed by atoms with van der Waals surface area (Å²) in [6, 6.07) is 0. The van der Waals surface area contributed by atoms with Crippen molar-refractivity contribution >= 4 is 11.6 Å². The summed E-state index contributed by atoms with van der Waals surface area (Å²) in [4.78, 5) is 27.4. The summed E-state index contributed by atoms with van der Waals surface area (Å²) < 4.78 is 1.61. The molecular weight excluding hydrogens is 322 g/mol. The van der Waals surface area contributed by atoms with Crippen molar-refractivity contribution in [2.24, 2.45) is 11.8 Å². The average molecular weight is 349 g/mol. The van der Waals surface area contributed by atoms with Crippen LogP contribution >= 0.6 is 0 Å². The Balaban J connectivity index is 1.48. The van der Waals surface area contributed by atoms with Gasteiger partial charge in [0.25, 0.3) is 0 Å². The van der Waals surface area contributed by atoms with E-state index in [4.69, 9.17) is 0 Å². The lowest BCUT2D eigenvalue weighted by atomic mass is 9.93. The molecule has 0 radical (unpaired) electrons. The molecule has 0 aliphatic carbocycles. The number of nitro groups is 1. The predicted octanol–water partition coefficient (Wildman–Crippen LogP) is 1.76. The molecule has 1 atom stereocenters. The van der Waals surface area contributed by atoms with Crippen molar-refractivity contribution in [1.29, 1.82) is 0 Å². The van der Waals surface area contributed by atoms with Crippen molar-refractivity contribution in [2.75, 3.05) is 32.7 Å². The van der Waals surface area contributed by atoms with Crippen molar-refractivity contribution in [3.8, 4) is 0 Å². The first kappa shape index (κ1) is 17.8. The van der Waals surface area contributed by atoms with Crippen molar-refractivity contribution in [3.05, 3.63) is 22.5 Å². The van der Waals surface area contributed by atoms with Crippen LogP contribution in [0.25, 0.3) is 0 Å². The first-order chi connectivity index (χ1) is 12.0. The normalized spacial score (nSPS) is 22.9. The Morgan fingerprint density at radius 1 is 1.28 bits per heavy atom. The first-order valence-corrected chi connectivity index (χ1v) is 9.21. The molecule has 0 bridgehead atoms. The molecule has 8 heteroatoms. The van der Waals surface area contributed by atoms with Crippen molar-refractivity contribution < 1.29 is 9.72 Å². The second-order valence-corrected chi connectivity index (χ2v) is 7.37. The van der Waals surface area contributed by atoms with Crippen LogP contribution in [0.2, 0.25) is 0 Å². The summed E-state index contributed by atoms with van der Waals surface area (Å²) in [7, 11) is 0. The van der Waals surface area contributed by atoms with E-state index in [1.165, 1.54) is 12.4 Å². The number of rotatable bonds is 5. The van der Waals surface area contributed by atoms with Crippen LogP contribution in [0, 0.1) is 22.0 Å². The molecule has 1 amide bonds. The van der Waals surface area contributed by atoms with Gasteiger partial charge in [0.1, 0.15) is 12.4 Å². The van der Waals surface area contributed by atoms with Gasteiger partial charge in [-0.05, 0) is 38.1 Å². The van der Waals surface area contributed by atoms with E-state index in [-0.39, 0.29) is 11.6 Å². The molecule has 0 aromatic carbocycles. The zero-order valence-corrected chi connectivity index (χ0v) is 14.8. The number of carbonyl (C=O) groups is 1. The van der Waals surface area contributed by atoms with Gasteiger partial charge in [0.2, 0.25) is 5.91 Å². The third kappa shape index (κ3) is 4.56. The molecule has 2 aliphatic rings. The van der Waals surface area contributed by atoms with E-state index in [9.17, 15) is 14.9 Å². The first-order valence-electron chi connectivity index (χ1n) is 9.21. The lowest BCUT2D eigenvalue weighted by molar-refractivity contribution is -0.385. The van der Waals surface area contributed by atoms with Gasteiger partial charge in [-0.3, -0.25) is 19.6 Å². The van der Waals surface area contributed by atoms with Crippen LogP contribution in [-0.2, 0) is 11.3 Å². The molecule has 1 aromatic rings. The molecule has 3 heterocycles. The summed E-state index contributed by atoms with van der Waals surface area (Å²) in [5.74, 6) is 1.13. The summed E-state index contributed by atoms with van der Waals surface area (Å²) >= 11 is 0. The van der Waals surface area contributed by atoms with Gasteiger partial charge in [0, 0.05) is 26.2 Å². The van der Waals surface area contributed by atoms with E-state index in [2.05, 4.69) is 16.9 Å². The fraction of sp³-hybridized carbons (Fsp3) is 0.765. The Hall–Kier alpha value is -1.96. The van der Waals surface area contributed by atoms with Crippen LogP contribution in [0.5, 0.6) is 0 Å². The van der Waals surface area contributed by atoms with Crippen LogP contribution in [0.3, 0.4) is 0 Å². The molecule has 0 saturated carbocycles. The smallest absolute Gasteiger partial charge is 0.306 e. The molecule has 2 fully saturated rings. The van der Waals surface area contributed by atoms with E-state index >= 15 is 0 Å². The van der Waals surface area contributed by atoms with Crippen LogP contribution in [-0.4, -0.2) is 63.1 Å². The molecule has 2 aliphatic heterocycles. The molecule has 2 saturated heterocycles. The standard InChI is InChI=1S/C17H27N5O3/c1-14-4-7-20(8-5-14)17(23)15-3-2-6-19(12-15)9-10-21-13-16(11-18-21)22(24)25/h11,13-15H,2-10,12H2,1H3/t15-/m1/s1. The minimum atomic E-state index is -0.432. The Morgan fingerprint density at radius 2 is 2.04 bits per heavy atom. The number of carbonyl (C=O) groups excluding carboxylic acids is 1. The number of hydrogen-bond acceptors (Lipinski definition) is 5. The molecule has 0 N–H and O–H groups in total. The van der Waals surface area contributed by atoms with Gasteiger partial charge < -0.3 is 9.80 Å². The number of likely N-dealkylation sites (tertiary alicyclic amines) is 2. The highest BCUT2D eigenvalue weighted by atomic mass is 16.6. The summed E-state index contributed by atoms with van der Waals surface area (Å²) in [6.45, 7) is 7.18. The van der Waals surface area contributed by atoms with Gasteiger partial charge in [-0.25, -0.2) is 0 Å². The number of nitrogens with zero attached hydrogens (tertiary/aromatic N) is 5. The lowest BCUT2D eigenvalue weighted by Crippen LogP contribution is -2.47. The minimum absolute atomic E-state index is 0.0195. The van der Waals surface area contributed by atoms with Gasteiger partial charge in [-0.15, -0.1) is 0 Å². The zero-order valence-electron chi connectivity index (χ0n) is 14.8. The van der Waals surface area contributed by atoms with E-state index in [0.717, 1.165) is 64.3 Å². The number of aromatic nitrogens is 2. The van der Waals surface area contributed by atoms with Crippen LogP contribution in [0.4, 0.5) is 5.69 Å². The Morgan fingerprint density at radius 3 is 2.72 bits per heavy atom. The van der Waals surface area contributed by atoms with Gasteiger partial charge in [-0.2, -0.15) is 5.10 Å². The van der Waals surface area contributed by atoms with Gasteiger partial charge in [-0.1, -0.05) is 6.92 Å². The third-order valence-corrected chi connectivity index (χ3v) is 5.43. The van der Waals surface area contributed by atoms with Crippen LogP contribution in [0.1, 0.15) is 32.6 Å². The van der Waals surface area contributed by atoms with Crippen LogP contribution < -0.4 is 0 Å². The molecule has 3 rings (SSSR count). The number of piperidine rings is 2. The van der Waals surface area contributed by atoms with E-state index in [1.807, 2.05) is 4.90 Å². The van der Waals surface area contributed by atoms with Gasteiger partial charge in [0.05, 0.1) is 17.4 Å². The molecule has 1 aromatic heterocycles. The predicted molar refractivity (Wildman–Crippen MR) is 93.0 cm³/mol. The zero-order chi connectivity index (χ0) is 17.8. The SMILES string of the molecule is CC1CCN(C(=O)[C@@H]2CCCN(CCn3cc([N+](=O)[O-])cn3)C2)CC1. The Labute approximate surface area is 147 Å². The molecule has 138 valence electrons. The fourth-order valence-corrected chi connectivity index (χ4v) is 3.76. The minimum Gasteiger partial charge on any atom is -0.342 e. The van der Waals surface area contributed by atoms with Crippen molar-refractivity contribution in [3.63, 3.8) is 0 Å². The van der Waals surface area contributed by atoms with E-state index < -0.39 is 4.92 Å².